The molecular formula is C31H41ClN4O5S. The summed E-state index contributed by atoms with van der Waals surface area (Å²) in [6, 6.07) is 24.6. The van der Waals surface area contributed by atoms with E-state index in [1.807, 2.05) is 47.4 Å². The predicted octanol–water partition coefficient (Wildman–Crippen LogP) is 6.18. The first kappa shape index (κ1) is 33.2. The molecule has 3 aromatic rings. The molecule has 0 saturated carbocycles. The van der Waals surface area contributed by atoms with Crippen LogP contribution in [0, 0.1) is 0 Å². The molecular weight excluding hydrogens is 576 g/mol. The number of carbonyl (C=O) groups excluding carboxylic acids is 1. The Kier molecular flexibility index (Phi) is 12.9. The van der Waals surface area contributed by atoms with E-state index in [9.17, 15) is 13.2 Å². The lowest BCUT2D eigenvalue weighted by Gasteiger charge is -2.38. The van der Waals surface area contributed by atoms with Gasteiger partial charge in [-0.3, -0.25) is 14.5 Å². The molecule has 0 aliphatic carbocycles. The minimum Gasteiger partial charge on any atom is -0.457 e. The van der Waals surface area contributed by atoms with Gasteiger partial charge in [0.05, 0.1) is 12.9 Å². The number of anilines is 1. The van der Waals surface area contributed by atoms with E-state index in [2.05, 4.69) is 34.2 Å². The molecule has 1 aliphatic heterocycles. The molecule has 42 heavy (non-hydrogen) atoms. The Bertz CT molecular complexity index is 1330. The number of amides is 2. The molecule has 1 saturated heterocycles. The fourth-order valence-corrected chi connectivity index (χ4v) is 5.41. The molecule has 1 heterocycles. The number of nitrogens with zero attached hydrogens (tertiary/aromatic N) is 2. The first-order valence-corrected chi connectivity index (χ1v) is 16.0. The summed E-state index contributed by atoms with van der Waals surface area (Å²) in [5.74, 6) is 1.34. The van der Waals surface area contributed by atoms with Crippen molar-refractivity contribution in [2.24, 2.45) is 0 Å². The molecule has 0 aromatic heterocycles. The van der Waals surface area contributed by atoms with E-state index in [1.54, 1.807) is 24.3 Å². The molecule has 0 unspecified atom stereocenters. The zero-order valence-corrected chi connectivity index (χ0v) is 25.8. The number of urea groups is 1. The lowest BCUT2D eigenvalue weighted by Crippen LogP contribution is -2.50. The average molecular weight is 617 g/mol. The number of carbonyl (C=O) groups is 1. The van der Waals surface area contributed by atoms with E-state index in [0.717, 1.165) is 63.7 Å². The number of nitrogens with one attached hydrogen (secondary N) is 2. The SMILES string of the molecule is CCCCN(C(=O)NOCc1ccccc1)C1CCN(Cc2ccc(Oc3ccc(NS(C)(=O)=O)cc3)cc2)CC1.Cl. The van der Waals surface area contributed by atoms with Gasteiger partial charge < -0.3 is 9.64 Å². The summed E-state index contributed by atoms with van der Waals surface area (Å²) < 4.78 is 31.1. The van der Waals surface area contributed by atoms with Crippen LogP contribution >= 0.6 is 12.4 Å². The third-order valence-corrected chi connectivity index (χ3v) is 7.58. The number of hydrogen-bond acceptors (Lipinski definition) is 6. The molecule has 0 radical (unpaired) electrons. The molecule has 11 heteroatoms. The Morgan fingerprint density at radius 3 is 2.14 bits per heavy atom. The summed E-state index contributed by atoms with van der Waals surface area (Å²) in [5, 5.41) is 0. The molecule has 2 N–H and O–H groups in total. The zero-order chi connectivity index (χ0) is 29.1. The van der Waals surface area contributed by atoms with E-state index in [4.69, 9.17) is 9.57 Å². The van der Waals surface area contributed by atoms with E-state index in [0.29, 0.717) is 23.8 Å². The molecule has 0 spiro atoms. The number of ether oxygens (including phenoxy) is 1. The van der Waals surface area contributed by atoms with Crippen LogP contribution in [0.4, 0.5) is 10.5 Å². The second-order valence-electron chi connectivity index (χ2n) is 10.4. The minimum absolute atomic E-state index is 0. The van der Waals surface area contributed by atoms with Gasteiger partial charge in [-0.1, -0.05) is 55.8 Å². The third kappa shape index (κ3) is 10.8. The fraction of sp³-hybridized carbons (Fsp3) is 0.387. The number of halogens is 1. The molecule has 4 rings (SSSR count). The maximum absolute atomic E-state index is 13.0. The number of piperidine rings is 1. The van der Waals surface area contributed by atoms with Crippen LogP contribution < -0.4 is 14.9 Å². The quantitative estimate of drug-likeness (QED) is 0.223. The van der Waals surface area contributed by atoms with Crippen LogP contribution in [0.25, 0.3) is 0 Å². The Balaban J connectivity index is 0.00000484. The molecule has 1 fully saturated rings. The highest BCUT2D eigenvalue weighted by Crippen LogP contribution is 2.25. The topological polar surface area (TPSA) is 100 Å². The highest BCUT2D eigenvalue weighted by molar-refractivity contribution is 7.92. The normalized spacial score (nSPS) is 14.0. The van der Waals surface area contributed by atoms with Gasteiger partial charge in [0.1, 0.15) is 11.5 Å². The molecule has 2 amide bonds. The van der Waals surface area contributed by atoms with Crippen LogP contribution in [0.15, 0.2) is 78.9 Å². The molecule has 3 aromatic carbocycles. The number of sulfonamides is 1. The van der Waals surface area contributed by atoms with Crippen LogP contribution in [-0.2, 0) is 28.0 Å². The first-order valence-electron chi connectivity index (χ1n) is 14.1. The largest absolute Gasteiger partial charge is 0.457 e. The van der Waals surface area contributed by atoms with Crippen molar-refractivity contribution in [2.45, 2.75) is 51.8 Å². The number of hydrogen-bond donors (Lipinski definition) is 2. The summed E-state index contributed by atoms with van der Waals surface area (Å²) in [5.41, 5.74) is 5.35. The minimum atomic E-state index is -3.31. The van der Waals surface area contributed by atoms with Crippen molar-refractivity contribution >= 4 is 34.1 Å². The van der Waals surface area contributed by atoms with Gasteiger partial charge in [0.25, 0.3) is 0 Å². The van der Waals surface area contributed by atoms with E-state index >= 15 is 0 Å². The second-order valence-corrected chi connectivity index (χ2v) is 12.1. The van der Waals surface area contributed by atoms with E-state index in [-0.39, 0.29) is 24.5 Å². The average Bonchev–Trinajstić information content (AvgIpc) is 2.96. The third-order valence-electron chi connectivity index (χ3n) is 6.98. The molecule has 0 bridgehead atoms. The van der Waals surface area contributed by atoms with Gasteiger partial charge in [-0.25, -0.2) is 18.7 Å². The Morgan fingerprint density at radius 2 is 1.55 bits per heavy atom. The van der Waals surface area contributed by atoms with Crippen molar-refractivity contribution in [3.05, 3.63) is 90.0 Å². The van der Waals surface area contributed by atoms with Gasteiger partial charge in [0.15, 0.2) is 0 Å². The number of likely N-dealkylation sites (tertiary alicyclic amines) is 1. The van der Waals surface area contributed by atoms with Gasteiger partial charge >= 0.3 is 6.03 Å². The van der Waals surface area contributed by atoms with Gasteiger partial charge in [0.2, 0.25) is 10.0 Å². The highest BCUT2D eigenvalue weighted by atomic mass is 35.5. The van der Waals surface area contributed by atoms with Gasteiger partial charge in [-0.15, -0.1) is 12.4 Å². The van der Waals surface area contributed by atoms with Gasteiger partial charge in [0, 0.05) is 37.9 Å². The zero-order valence-electron chi connectivity index (χ0n) is 24.2. The summed E-state index contributed by atoms with van der Waals surface area (Å²) in [6.07, 6.45) is 4.94. The van der Waals surface area contributed by atoms with Crippen LogP contribution in [-0.4, -0.2) is 56.2 Å². The van der Waals surface area contributed by atoms with Crippen molar-refractivity contribution in [3.63, 3.8) is 0 Å². The molecule has 9 nitrogen and oxygen atoms in total. The smallest absolute Gasteiger partial charge is 0.341 e. The lowest BCUT2D eigenvalue weighted by molar-refractivity contribution is 0.0258. The Hall–Kier alpha value is -3.31. The molecule has 0 atom stereocenters. The second kappa shape index (κ2) is 16.4. The predicted molar refractivity (Wildman–Crippen MR) is 168 cm³/mol. The lowest BCUT2D eigenvalue weighted by atomic mass is 10.0. The van der Waals surface area contributed by atoms with Gasteiger partial charge in [-0.2, -0.15) is 0 Å². The number of rotatable bonds is 13. The van der Waals surface area contributed by atoms with E-state index in [1.165, 1.54) is 5.56 Å². The summed E-state index contributed by atoms with van der Waals surface area (Å²) in [4.78, 5) is 22.9. The fourth-order valence-electron chi connectivity index (χ4n) is 4.84. The number of unbranched alkanes of at least 4 members (excludes halogenated alkanes) is 1. The maximum Gasteiger partial charge on any atom is 0.341 e. The van der Waals surface area contributed by atoms with Crippen molar-refractivity contribution in [2.75, 3.05) is 30.6 Å². The maximum atomic E-state index is 13.0. The standard InChI is InChI=1S/C31H40N4O5S.ClH/c1-3-4-20-35(31(36)32-39-24-26-8-6-5-7-9-26)28-18-21-34(22-19-28)23-25-10-14-29(15-11-25)40-30-16-12-27(13-17-30)33-41(2,37)38;/h5-17,28,33H,3-4,18-24H2,1-2H3,(H,32,36);1H. The van der Waals surface area contributed by atoms with Crippen molar-refractivity contribution in [3.8, 4) is 11.5 Å². The first-order chi connectivity index (χ1) is 19.8. The Labute approximate surface area is 255 Å². The van der Waals surface area contributed by atoms with Crippen molar-refractivity contribution < 1.29 is 22.8 Å². The summed E-state index contributed by atoms with van der Waals surface area (Å²) in [6.45, 7) is 5.86. The summed E-state index contributed by atoms with van der Waals surface area (Å²) in [7, 11) is -3.31. The monoisotopic (exact) mass is 616 g/mol. The highest BCUT2D eigenvalue weighted by Gasteiger charge is 2.28. The summed E-state index contributed by atoms with van der Waals surface area (Å²) >= 11 is 0. The molecule has 228 valence electrons. The van der Waals surface area contributed by atoms with Crippen LogP contribution in [0.2, 0.25) is 0 Å². The van der Waals surface area contributed by atoms with Gasteiger partial charge in [-0.05, 0) is 66.8 Å². The van der Waals surface area contributed by atoms with Crippen LogP contribution in [0.3, 0.4) is 0 Å². The van der Waals surface area contributed by atoms with Crippen molar-refractivity contribution in [1.29, 1.82) is 0 Å². The van der Waals surface area contributed by atoms with Crippen molar-refractivity contribution in [1.82, 2.24) is 15.3 Å². The number of benzene rings is 3. The molecule has 1 aliphatic rings. The van der Waals surface area contributed by atoms with Crippen LogP contribution in [0.1, 0.15) is 43.7 Å². The van der Waals surface area contributed by atoms with Crippen LogP contribution in [0.5, 0.6) is 11.5 Å². The Morgan fingerprint density at radius 1 is 0.929 bits per heavy atom. The number of hydroxylamine groups is 1. The van der Waals surface area contributed by atoms with E-state index < -0.39 is 10.0 Å².